The smallest absolute Gasteiger partial charge is 0.302 e. The predicted molar refractivity (Wildman–Crippen MR) is 51.8 cm³/mol. The van der Waals surface area contributed by atoms with Crippen LogP contribution in [0.1, 0.15) is 0 Å². The number of hydrogen-bond acceptors (Lipinski definition) is 3. The lowest BCUT2D eigenvalue weighted by Crippen LogP contribution is -2.15. The molecule has 0 saturated heterocycles. The summed E-state index contributed by atoms with van der Waals surface area (Å²) in [6.45, 7) is 0. The molecule has 0 radical (unpaired) electrons. The molecule has 0 atom stereocenters. The third-order valence-electron chi connectivity index (χ3n) is 1.55. The molecule has 15 heavy (non-hydrogen) atoms. The summed E-state index contributed by atoms with van der Waals surface area (Å²) in [4.78, 5) is 9.33. The summed E-state index contributed by atoms with van der Waals surface area (Å²) < 4.78 is 23.0. The minimum absolute atomic E-state index is 1.10. The molecule has 0 aliphatic carbocycles. The number of rotatable bonds is 4. The first-order valence-corrected chi connectivity index (χ1v) is 5.64. The van der Waals surface area contributed by atoms with E-state index in [2.05, 4.69) is 0 Å². The van der Waals surface area contributed by atoms with Crippen LogP contribution in [0.3, 0.4) is 0 Å². The average molecular weight is 228 g/mol. The molecule has 0 saturated carbocycles. The number of hydrogen-bond donors (Lipinski definition) is 1. The summed E-state index contributed by atoms with van der Waals surface area (Å²) >= 11 is 0. The Bertz CT molecular complexity index is 411. The Hall–Kier alpha value is -1.65. The highest BCUT2D eigenvalue weighted by Crippen LogP contribution is 2.35. The van der Waals surface area contributed by atoms with Gasteiger partial charge < -0.3 is 9.25 Å². The summed E-state index contributed by atoms with van der Waals surface area (Å²) in [6.07, 6.45) is 5.95. The first-order chi connectivity index (χ1) is 7.16. The molecule has 0 spiro atoms. The molecule has 0 amide bonds. The Morgan fingerprint density at radius 3 is 1.53 bits per heavy atom. The van der Waals surface area contributed by atoms with Gasteiger partial charge in [0, 0.05) is 24.8 Å². The van der Waals surface area contributed by atoms with E-state index in [1.807, 2.05) is 0 Å². The summed E-state index contributed by atoms with van der Waals surface area (Å²) in [5, 5.41) is 0. The molecule has 6 nitrogen and oxygen atoms in total. The van der Waals surface area contributed by atoms with Gasteiger partial charge in [-0.1, -0.05) is 0 Å². The van der Waals surface area contributed by atoms with Gasteiger partial charge in [0.2, 0.25) is 0 Å². The van der Waals surface area contributed by atoms with E-state index in [1.54, 1.807) is 24.3 Å². The largest absolute Gasteiger partial charge is 0.623 e. The summed E-state index contributed by atoms with van der Waals surface area (Å²) in [5.74, 6) is 0. The Morgan fingerprint density at radius 2 is 1.20 bits per heavy atom. The van der Waals surface area contributed by atoms with E-state index < -0.39 is 7.82 Å². The SMILES string of the molecule is O=P(O)(On1cccc1)On1cccc1. The summed E-state index contributed by atoms with van der Waals surface area (Å²) in [7, 11) is -4.14. The van der Waals surface area contributed by atoms with Gasteiger partial charge in [-0.2, -0.15) is 9.46 Å². The zero-order chi connectivity index (χ0) is 10.7. The second-order valence-corrected chi connectivity index (χ2v) is 3.98. The van der Waals surface area contributed by atoms with Crippen LogP contribution in [0.15, 0.2) is 49.1 Å². The van der Waals surface area contributed by atoms with Gasteiger partial charge in [-0.05, 0) is 24.3 Å². The van der Waals surface area contributed by atoms with Crippen LogP contribution in [0.2, 0.25) is 0 Å². The van der Waals surface area contributed by atoms with Crippen molar-refractivity contribution < 1.29 is 18.7 Å². The molecule has 2 rings (SSSR count). The minimum atomic E-state index is -4.14. The Balaban J connectivity index is 2.04. The van der Waals surface area contributed by atoms with E-state index in [1.165, 1.54) is 24.8 Å². The summed E-state index contributed by atoms with van der Waals surface area (Å²) in [5.41, 5.74) is 0. The van der Waals surface area contributed by atoms with Crippen molar-refractivity contribution in [1.82, 2.24) is 9.46 Å². The number of nitrogens with zero attached hydrogens (tertiary/aromatic N) is 2. The molecule has 2 aromatic rings. The fourth-order valence-corrected chi connectivity index (χ4v) is 1.72. The third-order valence-corrected chi connectivity index (χ3v) is 2.34. The predicted octanol–water partition coefficient (Wildman–Crippen LogP) is 0.947. The van der Waals surface area contributed by atoms with Crippen molar-refractivity contribution in [3.8, 4) is 0 Å². The third kappa shape index (κ3) is 2.65. The van der Waals surface area contributed by atoms with Gasteiger partial charge in [0.1, 0.15) is 0 Å². The molecule has 0 fully saturated rings. The molecule has 2 heterocycles. The average Bonchev–Trinajstić information content (AvgIpc) is 2.75. The first kappa shape index (κ1) is 9.89. The quantitative estimate of drug-likeness (QED) is 0.791. The van der Waals surface area contributed by atoms with Crippen molar-refractivity contribution in [3.05, 3.63) is 49.1 Å². The second-order valence-electron chi connectivity index (χ2n) is 2.72. The summed E-state index contributed by atoms with van der Waals surface area (Å²) in [6, 6.07) is 6.65. The zero-order valence-electron chi connectivity index (χ0n) is 7.63. The van der Waals surface area contributed by atoms with Crippen LogP contribution in [0, 0.1) is 0 Å². The molecular weight excluding hydrogens is 219 g/mol. The molecule has 7 heteroatoms. The molecule has 80 valence electrons. The normalized spacial score (nSPS) is 11.3. The van der Waals surface area contributed by atoms with E-state index >= 15 is 0 Å². The van der Waals surface area contributed by atoms with Crippen LogP contribution in [-0.4, -0.2) is 14.4 Å². The van der Waals surface area contributed by atoms with E-state index in [4.69, 9.17) is 9.25 Å². The molecule has 1 N–H and O–H groups in total. The molecule has 0 bridgehead atoms. The standard InChI is InChI=1S/C8H9N2O4P/c11-15(12,13-9-5-1-2-6-9)14-10-7-3-4-8-10/h1-8H,(H,11,12). The van der Waals surface area contributed by atoms with Crippen LogP contribution in [0.4, 0.5) is 0 Å². The fourth-order valence-electron chi connectivity index (χ4n) is 1.000. The van der Waals surface area contributed by atoms with Crippen molar-refractivity contribution in [3.63, 3.8) is 0 Å². The topological polar surface area (TPSA) is 65.6 Å². The minimum Gasteiger partial charge on any atom is -0.302 e. The molecular formula is C8H9N2O4P. The van der Waals surface area contributed by atoms with Crippen molar-refractivity contribution >= 4 is 7.82 Å². The van der Waals surface area contributed by atoms with Gasteiger partial charge in [-0.25, -0.2) is 4.57 Å². The highest BCUT2D eigenvalue weighted by atomic mass is 31.2. The molecule has 2 aromatic heterocycles. The second kappa shape index (κ2) is 3.84. The lowest BCUT2D eigenvalue weighted by molar-refractivity contribution is 0.127. The van der Waals surface area contributed by atoms with Crippen LogP contribution in [0.25, 0.3) is 0 Å². The van der Waals surface area contributed by atoms with Gasteiger partial charge in [0.25, 0.3) is 0 Å². The monoisotopic (exact) mass is 228 g/mol. The van der Waals surface area contributed by atoms with E-state index in [9.17, 15) is 9.46 Å². The Morgan fingerprint density at radius 1 is 0.867 bits per heavy atom. The van der Waals surface area contributed by atoms with Gasteiger partial charge in [-0.3, -0.25) is 4.89 Å². The van der Waals surface area contributed by atoms with Crippen LogP contribution < -0.4 is 9.25 Å². The van der Waals surface area contributed by atoms with Gasteiger partial charge >= 0.3 is 7.82 Å². The highest BCUT2D eigenvalue weighted by molar-refractivity contribution is 7.47. The van der Waals surface area contributed by atoms with Crippen molar-refractivity contribution in [2.45, 2.75) is 0 Å². The first-order valence-electron chi connectivity index (χ1n) is 4.15. The lowest BCUT2D eigenvalue weighted by Gasteiger charge is -2.13. The number of aromatic nitrogens is 2. The maximum atomic E-state index is 11.4. The Labute approximate surface area is 85.8 Å². The van der Waals surface area contributed by atoms with Gasteiger partial charge in [0.15, 0.2) is 0 Å². The van der Waals surface area contributed by atoms with Gasteiger partial charge in [-0.15, -0.1) is 0 Å². The van der Waals surface area contributed by atoms with Gasteiger partial charge in [0.05, 0.1) is 0 Å². The maximum absolute atomic E-state index is 11.4. The van der Waals surface area contributed by atoms with E-state index in [0.29, 0.717) is 0 Å². The van der Waals surface area contributed by atoms with E-state index in [-0.39, 0.29) is 0 Å². The molecule has 0 aliphatic heterocycles. The van der Waals surface area contributed by atoms with Crippen LogP contribution in [0.5, 0.6) is 0 Å². The lowest BCUT2D eigenvalue weighted by atomic mass is 10.7. The van der Waals surface area contributed by atoms with Crippen LogP contribution >= 0.6 is 7.82 Å². The van der Waals surface area contributed by atoms with Crippen molar-refractivity contribution in [2.24, 2.45) is 0 Å². The zero-order valence-corrected chi connectivity index (χ0v) is 8.53. The maximum Gasteiger partial charge on any atom is 0.623 e. The fraction of sp³-hybridized carbons (Fsp3) is 0. The van der Waals surface area contributed by atoms with Crippen LogP contribution in [-0.2, 0) is 4.57 Å². The highest BCUT2D eigenvalue weighted by Gasteiger charge is 2.25. The van der Waals surface area contributed by atoms with Crippen molar-refractivity contribution in [2.75, 3.05) is 0 Å². The Kier molecular flexibility index (Phi) is 2.53. The van der Waals surface area contributed by atoms with Crippen molar-refractivity contribution in [1.29, 1.82) is 0 Å². The number of phosphoric acid groups is 1. The van der Waals surface area contributed by atoms with E-state index in [0.717, 1.165) is 9.46 Å². The molecule has 0 aromatic carbocycles. The molecule has 0 unspecified atom stereocenters. The molecule has 0 aliphatic rings.